The SMILES string of the molecule is CCN(C)CCn1c(CCCl)nc2c(F)cccc21. The Morgan fingerprint density at radius 2 is 2.21 bits per heavy atom. The number of halogens is 2. The number of aryl methyl sites for hydroxylation is 1. The second-order valence-corrected chi connectivity index (χ2v) is 5.00. The van der Waals surface area contributed by atoms with Crippen LogP contribution in [0.4, 0.5) is 4.39 Å². The number of benzene rings is 1. The molecule has 0 saturated heterocycles. The van der Waals surface area contributed by atoms with Crippen molar-refractivity contribution in [2.45, 2.75) is 19.9 Å². The maximum atomic E-state index is 13.8. The van der Waals surface area contributed by atoms with Crippen LogP contribution in [-0.2, 0) is 13.0 Å². The van der Waals surface area contributed by atoms with Gasteiger partial charge in [0.25, 0.3) is 0 Å². The van der Waals surface area contributed by atoms with E-state index in [0.29, 0.717) is 17.8 Å². The van der Waals surface area contributed by atoms with Crippen molar-refractivity contribution >= 4 is 22.6 Å². The topological polar surface area (TPSA) is 21.1 Å². The highest BCUT2D eigenvalue weighted by Crippen LogP contribution is 2.19. The molecule has 1 heterocycles. The highest BCUT2D eigenvalue weighted by Gasteiger charge is 2.13. The van der Waals surface area contributed by atoms with Crippen molar-refractivity contribution in [3.05, 3.63) is 29.8 Å². The summed E-state index contributed by atoms with van der Waals surface area (Å²) in [7, 11) is 2.07. The summed E-state index contributed by atoms with van der Waals surface area (Å²) >= 11 is 5.81. The summed E-state index contributed by atoms with van der Waals surface area (Å²) < 4.78 is 15.8. The minimum Gasteiger partial charge on any atom is -0.327 e. The molecule has 19 heavy (non-hydrogen) atoms. The molecule has 0 spiro atoms. The molecular formula is C14H19ClFN3. The Bertz CT molecular complexity index is 553. The lowest BCUT2D eigenvalue weighted by molar-refractivity contribution is 0.335. The number of para-hydroxylation sites is 1. The van der Waals surface area contributed by atoms with E-state index in [2.05, 4.69) is 28.4 Å². The van der Waals surface area contributed by atoms with E-state index in [4.69, 9.17) is 11.6 Å². The van der Waals surface area contributed by atoms with Gasteiger partial charge >= 0.3 is 0 Å². The summed E-state index contributed by atoms with van der Waals surface area (Å²) in [6.07, 6.45) is 0.658. The molecule has 0 aliphatic rings. The zero-order valence-electron chi connectivity index (χ0n) is 11.4. The zero-order chi connectivity index (χ0) is 13.8. The zero-order valence-corrected chi connectivity index (χ0v) is 12.1. The van der Waals surface area contributed by atoms with E-state index in [0.717, 1.165) is 31.0 Å². The number of alkyl halides is 1. The fraction of sp³-hybridized carbons (Fsp3) is 0.500. The Morgan fingerprint density at radius 1 is 1.42 bits per heavy atom. The van der Waals surface area contributed by atoms with Crippen LogP contribution < -0.4 is 0 Å². The van der Waals surface area contributed by atoms with Crippen LogP contribution in [0.15, 0.2) is 18.2 Å². The first kappa shape index (κ1) is 14.3. The molecule has 5 heteroatoms. The number of nitrogens with zero attached hydrogens (tertiary/aromatic N) is 3. The Kier molecular flexibility index (Phi) is 4.77. The maximum absolute atomic E-state index is 13.8. The van der Waals surface area contributed by atoms with Gasteiger partial charge in [-0.25, -0.2) is 9.37 Å². The molecule has 104 valence electrons. The van der Waals surface area contributed by atoms with Crippen LogP contribution in [0.2, 0.25) is 0 Å². The van der Waals surface area contributed by atoms with E-state index in [1.807, 2.05) is 6.07 Å². The molecular weight excluding hydrogens is 265 g/mol. The van der Waals surface area contributed by atoms with Gasteiger partial charge in [-0.2, -0.15) is 0 Å². The molecule has 2 aromatic rings. The van der Waals surface area contributed by atoms with Crippen LogP contribution in [0, 0.1) is 5.82 Å². The smallest absolute Gasteiger partial charge is 0.151 e. The van der Waals surface area contributed by atoms with Crippen LogP contribution in [-0.4, -0.2) is 40.5 Å². The van der Waals surface area contributed by atoms with Gasteiger partial charge in [0.15, 0.2) is 5.82 Å². The lowest BCUT2D eigenvalue weighted by atomic mass is 10.3. The van der Waals surface area contributed by atoms with Crippen molar-refractivity contribution in [2.75, 3.05) is 26.0 Å². The van der Waals surface area contributed by atoms with Gasteiger partial charge in [-0.3, -0.25) is 0 Å². The van der Waals surface area contributed by atoms with Gasteiger partial charge in [-0.05, 0) is 25.7 Å². The normalized spacial score (nSPS) is 11.6. The molecule has 0 fully saturated rings. The van der Waals surface area contributed by atoms with Crippen molar-refractivity contribution in [1.82, 2.24) is 14.5 Å². The highest BCUT2D eigenvalue weighted by molar-refractivity contribution is 6.17. The largest absolute Gasteiger partial charge is 0.327 e. The minimum atomic E-state index is -0.268. The third kappa shape index (κ3) is 3.07. The molecule has 1 aromatic heterocycles. The summed E-state index contributed by atoms with van der Waals surface area (Å²) in [6, 6.07) is 5.08. The van der Waals surface area contributed by atoms with Gasteiger partial charge < -0.3 is 9.47 Å². The van der Waals surface area contributed by atoms with Gasteiger partial charge in [0, 0.05) is 25.4 Å². The monoisotopic (exact) mass is 283 g/mol. The van der Waals surface area contributed by atoms with E-state index >= 15 is 0 Å². The standard InChI is InChI=1S/C14H19ClFN3/c1-3-18(2)9-10-19-12-6-4-5-11(16)14(12)17-13(19)7-8-15/h4-6H,3,7-10H2,1-2H3. The fourth-order valence-corrected chi connectivity index (χ4v) is 2.28. The molecule has 0 saturated carbocycles. The lowest BCUT2D eigenvalue weighted by Gasteiger charge is -2.15. The molecule has 3 nitrogen and oxygen atoms in total. The highest BCUT2D eigenvalue weighted by atomic mass is 35.5. The quantitative estimate of drug-likeness (QED) is 0.760. The van der Waals surface area contributed by atoms with Crippen LogP contribution >= 0.6 is 11.6 Å². The first-order valence-corrected chi connectivity index (χ1v) is 7.09. The third-order valence-corrected chi connectivity index (χ3v) is 3.56. The molecule has 0 bridgehead atoms. The number of likely N-dealkylation sites (N-methyl/N-ethyl adjacent to an activating group) is 1. The summed E-state index contributed by atoms with van der Waals surface area (Å²) in [5.74, 6) is 1.09. The first-order chi connectivity index (χ1) is 9.17. The van der Waals surface area contributed by atoms with Gasteiger partial charge in [-0.1, -0.05) is 13.0 Å². The summed E-state index contributed by atoms with van der Waals surface area (Å²) in [5.41, 5.74) is 1.30. The molecule has 0 aliphatic heterocycles. The number of fused-ring (bicyclic) bond motifs is 1. The second kappa shape index (κ2) is 6.35. The average molecular weight is 284 g/mol. The van der Waals surface area contributed by atoms with Crippen LogP contribution in [0.5, 0.6) is 0 Å². The van der Waals surface area contributed by atoms with Crippen molar-refractivity contribution in [2.24, 2.45) is 0 Å². The van der Waals surface area contributed by atoms with Crippen LogP contribution in [0.1, 0.15) is 12.7 Å². The molecule has 0 aliphatic carbocycles. The van der Waals surface area contributed by atoms with Crippen LogP contribution in [0.3, 0.4) is 0 Å². The Balaban J connectivity index is 2.37. The lowest BCUT2D eigenvalue weighted by Crippen LogP contribution is -2.23. The number of imidazole rings is 1. The van der Waals surface area contributed by atoms with Crippen molar-refractivity contribution < 1.29 is 4.39 Å². The molecule has 0 unspecified atom stereocenters. The van der Waals surface area contributed by atoms with Gasteiger partial charge in [0.2, 0.25) is 0 Å². The molecule has 0 N–H and O–H groups in total. The summed E-state index contributed by atoms with van der Waals surface area (Å²) in [4.78, 5) is 6.61. The van der Waals surface area contributed by atoms with E-state index in [9.17, 15) is 4.39 Å². The molecule has 1 aromatic carbocycles. The molecule has 0 radical (unpaired) electrons. The molecule has 2 rings (SSSR count). The third-order valence-electron chi connectivity index (χ3n) is 3.37. The maximum Gasteiger partial charge on any atom is 0.151 e. The van der Waals surface area contributed by atoms with Crippen molar-refractivity contribution in [1.29, 1.82) is 0 Å². The number of hydrogen-bond acceptors (Lipinski definition) is 2. The van der Waals surface area contributed by atoms with Crippen LogP contribution in [0.25, 0.3) is 11.0 Å². The minimum absolute atomic E-state index is 0.268. The van der Waals surface area contributed by atoms with E-state index in [1.165, 1.54) is 6.07 Å². The Hall–Kier alpha value is -1.13. The summed E-state index contributed by atoms with van der Waals surface area (Å²) in [6.45, 7) is 4.82. The van der Waals surface area contributed by atoms with Crippen molar-refractivity contribution in [3.63, 3.8) is 0 Å². The van der Waals surface area contributed by atoms with E-state index in [-0.39, 0.29) is 5.82 Å². The predicted octanol–water partition coefficient (Wildman–Crippen LogP) is 2.91. The predicted molar refractivity (Wildman–Crippen MR) is 77.3 cm³/mol. The van der Waals surface area contributed by atoms with E-state index < -0.39 is 0 Å². The van der Waals surface area contributed by atoms with Gasteiger partial charge in [0.1, 0.15) is 11.3 Å². The first-order valence-electron chi connectivity index (χ1n) is 6.55. The molecule has 0 amide bonds. The van der Waals surface area contributed by atoms with Crippen molar-refractivity contribution in [3.8, 4) is 0 Å². The second-order valence-electron chi connectivity index (χ2n) is 4.62. The Labute approximate surface area is 118 Å². The number of aromatic nitrogens is 2. The average Bonchev–Trinajstić information content (AvgIpc) is 2.76. The van der Waals surface area contributed by atoms with Gasteiger partial charge in [-0.15, -0.1) is 11.6 Å². The van der Waals surface area contributed by atoms with Gasteiger partial charge in [0.05, 0.1) is 5.52 Å². The fourth-order valence-electron chi connectivity index (χ4n) is 2.11. The van der Waals surface area contributed by atoms with E-state index in [1.54, 1.807) is 6.07 Å². The summed E-state index contributed by atoms with van der Waals surface area (Å²) in [5, 5.41) is 0. The molecule has 0 atom stereocenters. The number of hydrogen-bond donors (Lipinski definition) is 0. The number of rotatable bonds is 6. The Morgan fingerprint density at radius 3 is 2.89 bits per heavy atom.